The Morgan fingerprint density at radius 2 is 1.72 bits per heavy atom. The summed E-state index contributed by atoms with van der Waals surface area (Å²) >= 11 is 0. The van der Waals surface area contributed by atoms with Crippen molar-refractivity contribution in [3.8, 4) is 12.1 Å². The van der Waals surface area contributed by atoms with Gasteiger partial charge in [0.15, 0.2) is 0 Å². The number of hydrogen-bond acceptors (Lipinski definition) is 4. The van der Waals surface area contributed by atoms with Crippen molar-refractivity contribution in [1.82, 2.24) is 10.6 Å². The summed E-state index contributed by atoms with van der Waals surface area (Å²) in [5.41, 5.74) is 0. The Labute approximate surface area is 107 Å². The largest absolute Gasteiger partial charge is 0.355 e. The molecule has 2 amide bonds. The van der Waals surface area contributed by atoms with E-state index < -0.39 is 0 Å². The van der Waals surface area contributed by atoms with E-state index >= 15 is 0 Å². The van der Waals surface area contributed by atoms with Crippen LogP contribution in [0.15, 0.2) is 0 Å². The standard InChI is InChI=1S/C12H18N4O2/c1-2-3-10(16-12(18)5-8-14)6-9-15-11(17)4-7-13/h10H,2-6,9H2,1H3,(H,15,17)(H,16,18). The van der Waals surface area contributed by atoms with Crippen molar-refractivity contribution in [2.45, 2.75) is 45.1 Å². The zero-order valence-corrected chi connectivity index (χ0v) is 10.5. The highest BCUT2D eigenvalue weighted by molar-refractivity contribution is 5.78. The fourth-order valence-electron chi connectivity index (χ4n) is 1.51. The van der Waals surface area contributed by atoms with Crippen LogP contribution in [0.2, 0.25) is 0 Å². The van der Waals surface area contributed by atoms with Gasteiger partial charge in [-0.05, 0) is 12.8 Å². The molecule has 0 aromatic rings. The van der Waals surface area contributed by atoms with Crippen LogP contribution in [0.4, 0.5) is 0 Å². The second-order valence-electron chi connectivity index (χ2n) is 3.86. The number of amides is 2. The summed E-state index contributed by atoms with van der Waals surface area (Å²) in [4.78, 5) is 22.3. The van der Waals surface area contributed by atoms with E-state index in [9.17, 15) is 9.59 Å². The maximum absolute atomic E-state index is 11.3. The highest BCUT2D eigenvalue weighted by Crippen LogP contribution is 2.01. The molecule has 0 radical (unpaired) electrons. The minimum atomic E-state index is -0.309. The molecule has 0 aromatic carbocycles. The summed E-state index contributed by atoms with van der Waals surface area (Å²) in [6.45, 7) is 2.41. The highest BCUT2D eigenvalue weighted by Gasteiger charge is 2.11. The molecular formula is C12H18N4O2. The van der Waals surface area contributed by atoms with Gasteiger partial charge < -0.3 is 10.6 Å². The van der Waals surface area contributed by atoms with Gasteiger partial charge in [-0.2, -0.15) is 10.5 Å². The molecule has 1 unspecified atom stereocenters. The quantitative estimate of drug-likeness (QED) is 0.658. The number of hydrogen-bond donors (Lipinski definition) is 2. The monoisotopic (exact) mass is 250 g/mol. The van der Waals surface area contributed by atoms with E-state index in [1.807, 2.05) is 6.92 Å². The van der Waals surface area contributed by atoms with Gasteiger partial charge in [0.25, 0.3) is 0 Å². The summed E-state index contributed by atoms with van der Waals surface area (Å²) in [6.07, 6.45) is 2.00. The lowest BCUT2D eigenvalue weighted by Crippen LogP contribution is -2.37. The summed E-state index contributed by atoms with van der Waals surface area (Å²) in [6, 6.07) is 3.51. The third-order valence-corrected chi connectivity index (χ3v) is 2.30. The number of carbonyl (C=O) groups is 2. The van der Waals surface area contributed by atoms with Crippen molar-refractivity contribution < 1.29 is 9.59 Å². The first-order valence-corrected chi connectivity index (χ1v) is 5.94. The van der Waals surface area contributed by atoms with Crippen LogP contribution in [0.5, 0.6) is 0 Å². The average molecular weight is 250 g/mol. The highest BCUT2D eigenvalue weighted by atomic mass is 16.2. The van der Waals surface area contributed by atoms with Crippen molar-refractivity contribution in [2.75, 3.05) is 6.54 Å². The summed E-state index contributed by atoms with van der Waals surface area (Å²) in [5.74, 6) is -0.601. The van der Waals surface area contributed by atoms with E-state index in [0.717, 1.165) is 12.8 Å². The zero-order chi connectivity index (χ0) is 13.8. The Morgan fingerprint density at radius 3 is 2.28 bits per heavy atom. The molecule has 18 heavy (non-hydrogen) atoms. The molecule has 0 aromatic heterocycles. The van der Waals surface area contributed by atoms with Crippen LogP contribution in [0.25, 0.3) is 0 Å². The molecule has 0 aliphatic carbocycles. The van der Waals surface area contributed by atoms with Gasteiger partial charge in [-0.1, -0.05) is 13.3 Å². The predicted molar refractivity (Wildman–Crippen MR) is 64.9 cm³/mol. The van der Waals surface area contributed by atoms with Crippen LogP contribution in [-0.4, -0.2) is 24.4 Å². The molecule has 0 saturated heterocycles. The topological polar surface area (TPSA) is 106 Å². The van der Waals surface area contributed by atoms with Gasteiger partial charge in [-0.25, -0.2) is 0 Å². The van der Waals surface area contributed by atoms with Gasteiger partial charge in [0.05, 0.1) is 12.1 Å². The smallest absolute Gasteiger partial charge is 0.234 e. The number of nitrogens with zero attached hydrogens (tertiary/aromatic N) is 2. The van der Waals surface area contributed by atoms with Crippen molar-refractivity contribution in [2.24, 2.45) is 0 Å². The maximum Gasteiger partial charge on any atom is 0.234 e. The molecule has 2 N–H and O–H groups in total. The van der Waals surface area contributed by atoms with Crippen LogP contribution in [0, 0.1) is 22.7 Å². The second-order valence-corrected chi connectivity index (χ2v) is 3.86. The molecule has 0 aliphatic rings. The van der Waals surface area contributed by atoms with E-state index in [1.165, 1.54) is 0 Å². The first kappa shape index (κ1) is 15.9. The Hall–Kier alpha value is -2.08. The second kappa shape index (κ2) is 10.1. The molecule has 0 spiro atoms. The van der Waals surface area contributed by atoms with Gasteiger partial charge in [0, 0.05) is 12.6 Å². The number of carbonyl (C=O) groups excluding carboxylic acids is 2. The molecule has 0 fully saturated rings. The minimum Gasteiger partial charge on any atom is -0.355 e. The average Bonchev–Trinajstić information content (AvgIpc) is 2.29. The summed E-state index contributed by atoms with van der Waals surface area (Å²) in [5, 5.41) is 22.0. The SMILES string of the molecule is CCCC(CCNC(=O)CC#N)NC(=O)CC#N. The van der Waals surface area contributed by atoms with E-state index in [-0.39, 0.29) is 30.7 Å². The maximum atomic E-state index is 11.3. The molecular weight excluding hydrogens is 232 g/mol. The molecule has 0 bridgehead atoms. The zero-order valence-electron chi connectivity index (χ0n) is 10.5. The Kier molecular flexibility index (Phi) is 8.93. The molecule has 6 heteroatoms. The van der Waals surface area contributed by atoms with E-state index in [1.54, 1.807) is 12.1 Å². The van der Waals surface area contributed by atoms with Crippen LogP contribution < -0.4 is 10.6 Å². The van der Waals surface area contributed by atoms with Gasteiger partial charge in [0.1, 0.15) is 12.8 Å². The first-order chi connectivity index (χ1) is 8.63. The number of nitrogens with one attached hydrogen (secondary N) is 2. The molecule has 0 aliphatic heterocycles. The lowest BCUT2D eigenvalue weighted by atomic mass is 10.1. The molecule has 6 nitrogen and oxygen atoms in total. The van der Waals surface area contributed by atoms with E-state index in [0.29, 0.717) is 13.0 Å². The Balaban J connectivity index is 3.97. The first-order valence-electron chi connectivity index (χ1n) is 5.94. The Bertz CT molecular complexity index is 354. The van der Waals surface area contributed by atoms with Crippen LogP contribution in [-0.2, 0) is 9.59 Å². The fraction of sp³-hybridized carbons (Fsp3) is 0.667. The third kappa shape index (κ3) is 8.12. The van der Waals surface area contributed by atoms with Crippen molar-refractivity contribution >= 4 is 11.8 Å². The minimum absolute atomic E-state index is 0.0433. The van der Waals surface area contributed by atoms with Crippen molar-refractivity contribution in [3.63, 3.8) is 0 Å². The van der Waals surface area contributed by atoms with Crippen LogP contribution >= 0.6 is 0 Å². The number of rotatable bonds is 8. The van der Waals surface area contributed by atoms with Crippen LogP contribution in [0.3, 0.4) is 0 Å². The summed E-state index contributed by atoms with van der Waals surface area (Å²) < 4.78 is 0. The molecule has 1 atom stereocenters. The van der Waals surface area contributed by atoms with Gasteiger partial charge >= 0.3 is 0 Å². The lowest BCUT2D eigenvalue weighted by molar-refractivity contribution is -0.120. The molecule has 0 rings (SSSR count). The van der Waals surface area contributed by atoms with Crippen molar-refractivity contribution in [3.05, 3.63) is 0 Å². The lowest BCUT2D eigenvalue weighted by Gasteiger charge is -2.17. The molecule has 98 valence electrons. The summed E-state index contributed by atoms with van der Waals surface area (Å²) in [7, 11) is 0. The van der Waals surface area contributed by atoms with Crippen LogP contribution in [0.1, 0.15) is 39.0 Å². The normalized spacial score (nSPS) is 10.8. The van der Waals surface area contributed by atoms with Gasteiger partial charge in [-0.3, -0.25) is 9.59 Å². The number of nitriles is 2. The predicted octanol–water partition coefficient (Wildman–Crippen LogP) is 0.605. The third-order valence-electron chi connectivity index (χ3n) is 2.30. The van der Waals surface area contributed by atoms with Gasteiger partial charge in [0.2, 0.25) is 11.8 Å². The van der Waals surface area contributed by atoms with Crippen molar-refractivity contribution in [1.29, 1.82) is 10.5 Å². The van der Waals surface area contributed by atoms with E-state index in [2.05, 4.69) is 10.6 Å². The molecule has 0 saturated carbocycles. The Morgan fingerprint density at radius 1 is 1.11 bits per heavy atom. The van der Waals surface area contributed by atoms with E-state index in [4.69, 9.17) is 10.5 Å². The molecule has 0 heterocycles. The van der Waals surface area contributed by atoms with Gasteiger partial charge in [-0.15, -0.1) is 0 Å². The fourth-order valence-corrected chi connectivity index (χ4v) is 1.51.